The molecule has 0 N–H and O–H groups in total. The Hall–Kier alpha value is -2.17. The number of aryl methyl sites for hydroxylation is 2. The summed E-state index contributed by atoms with van der Waals surface area (Å²) in [6.45, 7) is 0.700. The Kier molecular flexibility index (Phi) is 7.43. The minimum atomic E-state index is -0.309. The number of hydrogen-bond acceptors (Lipinski definition) is 3. The molecule has 1 unspecified atom stereocenters. The molecule has 0 bridgehead atoms. The van der Waals surface area contributed by atoms with E-state index in [0.29, 0.717) is 12.2 Å². The van der Waals surface area contributed by atoms with Gasteiger partial charge in [-0.05, 0) is 61.8 Å². The standard InChI is InChI=1S/C23H29NO3/c1-24(27-22-13-7-8-18-26-22)23(25)21-16-14-20(15-17-21)12-6-5-11-19-9-3-2-4-10-19/h2-4,9-10,14-17,22H,5-8,11-13,18H2,1H3. The SMILES string of the molecule is CN(OC1CCCCO1)C(=O)c1ccc(CCCCc2ccccc2)cc1. The highest BCUT2D eigenvalue weighted by Gasteiger charge is 2.20. The van der Waals surface area contributed by atoms with E-state index in [2.05, 4.69) is 30.3 Å². The van der Waals surface area contributed by atoms with Crippen LogP contribution in [0.1, 0.15) is 53.6 Å². The largest absolute Gasteiger partial charge is 0.350 e. The molecule has 27 heavy (non-hydrogen) atoms. The maximum Gasteiger partial charge on any atom is 0.277 e. The number of nitrogens with zero attached hydrogens (tertiary/aromatic N) is 1. The molecule has 1 saturated heterocycles. The van der Waals surface area contributed by atoms with E-state index in [-0.39, 0.29) is 12.2 Å². The van der Waals surface area contributed by atoms with Gasteiger partial charge in [0.05, 0.1) is 0 Å². The number of benzene rings is 2. The lowest BCUT2D eigenvalue weighted by Gasteiger charge is -2.27. The summed E-state index contributed by atoms with van der Waals surface area (Å²) in [5, 5.41) is 1.30. The highest BCUT2D eigenvalue weighted by atomic mass is 16.8. The number of hydroxylamine groups is 2. The van der Waals surface area contributed by atoms with Crippen molar-refractivity contribution < 1.29 is 14.4 Å². The van der Waals surface area contributed by atoms with Crippen LogP contribution < -0.4 is 0 Å². The molecular formula is C23H29NO3. The van der Waals surface area contributed by atoms with Gasteiger partial charge in [-0.2, -0.15) is 0 Å². The number of carbonyl (C=O) groups excluding carboxylic acids is 1. The molecule has 0 spiro atoms. The van der Waals surface area contributed by atoms with E-state index < -0.39 is 0 Å². The fraction of sp³-hybridized carbons (Fsp3) is 0.435. The molecular weight excluding hydrogens is 338 g/mol. The summed E-state index contributed by atoms with van der Waals surface area (Å²) in [6.07, 6.45) is 7.12. The summed E-state index contributed by atoms with van der Waals surface area (Å²) in [5.41, 5.74) is 3.29. The average Bonchev–Trinajstić information content (AvgIpc) is 2.72. The second kappa shape index (κ2) is 10.2. The van der Waals surface area contributed by atoms with E-state index >= 15 is 0 Å². The third-order valence-electron chi connectivity index (χ3n) is 4.92. The Morgan fingerprint density at radius 3 is 2.30 bits per heavy atom. The van der Waals surface area contributed by atoms with Crippen molar-refractivity contribution in [2.45, 2.75) is 51.2 Å². The Bertz CT molecular complexity index is 693. The topological polar surface area (TPSA) is 38.8 Å². The van der Waals surface area contributed by atoms with Crippen molar-refractivity contribution in [3.8, 4) is 0 Å². The maximum absolute atomic E-state index is 12.5. The molecule has 3 rings (SSSR count). The summed E-state index contributed by atoms with van der Waals surface area (Å²) < 4.78 is 5.52. The zero-order valence-electron chi connectivity index (χ0n) is 16.1. The second-order valence-electron chi connectivity index (χ2n) is 7.09. The van der Waals surface area contributed by atoms with Gasteiger partial charge in [0.1, 0.15) is 0 Å². The lowest BCUT2D eigenvalue weighted by Crippen LogP contribution is -2.34. The molecule has 2 aromatic rings. The van der Waals surface area contributed by atoms with Crippen LogP contribution in [0.2, 0.25) is 0 Å². The quantitative estimate of drug-likeness (QED) is 0.498. The van der Waals surface area contributed by atoms with Crippen molar-refractivity contribution in [3.05, 3.63) is 71.3 Å². The minimum absolute atomic E-state index is 0.139. The molecule has 1 amide bonds. The summed E-state index contributed by atoms with van der Waals surface area (Å²) in [6, 6.07) is 18.4. The van der Waals surface area contributed by atoms with E-state index in [0.717, 1.165) is 38.5 Å². The van der Waals surface area contributed by atoms with Crippen LogP contribution >= 0.6 is 0 Å². The zero-order valence-corrected chi connectivity index (χ0v) is 16.1. The van der Waals surface area contributed by atoms with Crippen molar-refractivity contribution in [2.24, 2.45) is 0 Å². The number of unbranched alkanes of at least 4 members (excludes halogenated alkanes) is 1. The first kappa shape index (κ1) is 19.6. The Morgan fingerprint density at radius 1 is 1.00 bits per heavy atom. The molecule has 1 atom stereocenters. The first-order valence-electron chi connectivity index (χ1n) is 9.92. The van der Waals surface area contributed by atoms with Crippen LogP contribution in [0.15, 0.2) is 54.6 Å². The molecule has 2 aromatic carbocycles. The highest BCUT2D eigenvalue weighted by molar-refractivity contribution is 5.93. The molecule has 0 saturated carbocycles. The Labute approximate surface area is 162 Å². The monoisotopic (exact) mass is 367 g/mol. The van der Waals surface area contributed by atoms with E-state index in [1.807, 2.05) is 24.3 Å². The number of hydrogen-bond donors (Lipinski definition) is 0. The Morgan fingerprint density at radius 2 is 1.67 bits per heavy atom. The maximum atomic E-state index is 12.5. The fourth-order valence-corrected chi connectivity index (χ4v) is 3.32. The summed E-state index contributed by atoms with van der Waals surface area (Å²) >= 11 is 0. The molecule has 1 aliphatic heterocycles. The van der Waals surface area contributed by atoms with Crippen molar-refractivity contribution >= 4 is 5.91 Å². The summed E-state index contributed by atoms with van der Waals surface area (Å²) in [4.78, 5) is 18.1. The van der Waals surface area contributed by atoms with Gasteiger partial charge in [-0.25, -0.2) is 9.90 Å². The van der Waals surface area contributed by atoms with Gasteiger partial charge >= 0.3 is 0 Å². The highest BCUT2D eigenvalue weighted by Crippen LogP contribution is 2.16. The first-order valence-corrected chi connectivity index (χ1v) is 9.92. The third-order valence-corrected chi connectivity index (χ3v) is 4.92. The van der Waals surface area contributed by atoms with Gasteiger partial charge in [0, 0.05) is 25.6 Å². The van der Waals surface area contributed by atoms with Gasteiger partial charge in [-0.3, -0.25) is 4.79 Å². The van der Waals surface area contributed by atoms with Crippen molar-refractivity contribution in [2.75, 3.05) is 13.7 Å². The van der Waals surface area contributed by atoms with E-state index in [1.54, 1.807) is 7.05 Å². The number of ether oxygens (including phenoxy) is 1. The van der Waals surface area contributed by atoms with E-state index in [4.69, 9.17) is 9.57 Å². The smallest absolute Gasteiger partial charge is 0.277 e. The molecule has 4 heteroatoms. The van der Waals surface area contributed by atoms with Gasteiger partial charge in [0.2, 0.25) is 0 Å². The summed E-state index contributed by atoms with van der Waals surface area (Å²) in [7, 11) is 1.65. The van der Waals surface area contributed by atoms with Gasteiger partial charge in [0.15, 0.2) is 6.29 Å². The fourth-order valence-electron chi connectivity index (χ4n) is 3.32. The van der Waals surface area contributed by atoms with Gasteiger partial charge < -0.3 is 4.74 Å². The zero-order chi connectivity index (χ0) is 18.9. The van der Waals surface area contributed by atoms with Crippen LogP contribution in [0.4, 0.5) is 0 Å². The van der Waals surface area contributed by atoms with Crippen LogP contribution in [0.25, 0.3) is 0 Å². The van der Waals surface area contributed by atoms with E-state index in [9.17, 15) is 4.79 Å². The van der Waals surface area contributed by atoms with Crippen molar-refractivity contribution in [3.63, 3.8) is 0 Å². The molecule has 0 radical (unpaired) electrons. The average molecular weight is 367 g/mol. The molecule has 1 aliphatic rings. The van der Waals surface area contributed by atoms with Crippen LogP contribution in [0.5, 0.6) is 0 Å². The molecule has 0 aromatic heterocycles. The second-order valence-corrected chi connectivity index (χ2v) is 7.09. The molecule has 1 heterocycles. The Balaban J connectivity index is 1.42. The van der Waals surface area contributed by atoms with Gasteiger partial charge in [0.25, 0.3) is 5.91 Å². The number of carbonyl (C=O) groups is 1. The first-order chi connectivity index (χ1) is 13.2. The molecule has 1 fully saturated rings. The van der Waals surface area contributed by atoms with Crippen LogP contribution in [-0.2, 0) is 22.4 Å². The van der Waals surface area contributed by atoms with Crippen molar-refractivity contribution in [1.82, 2.24) is 5.06 Å². The van der Waals surface area contributed by atoms with Crippen LogP contribution in [-0.4, -0.2) is 30.9 Å². The predicted octanol–water partition coefficient (Wildman–Crippen LogP) is 4.78. The lowest BCUT2D eigenvalue weighted by atomic mass is 10.0. The summed E-state index contributed by atoms with van der Waals surface area (Å²) in [5.74, 6) is -0.139. The predicted molar refractivity (Wildman–Crippen MR) is 106 cm³/mol. The van der Waals surface area contributed by atoms with Crippen LogP contribution in [0, 0.1) is 0 Å². The minimum Gasteiger partial charge on any atom is -0.350 e. The molecule has 0 aliphatic carbocycles. The van der Waals surface area contributed by atoms with Gasteiger partial charge in [-0.15, -0.1) is 0 Å². The number of amides is 1. The lowest BCUT2D eigenvalue weighted by molar-refractivity contribution is -0.258. The third kappa shape index (κ3) is 6.19. The van der Waals surface area contributed by atoms with Crippen LogP contribution in [0.3, 0.4) is 0 Å². The molecule has 144 valence electrons. The van der Waals surface area contributed by atoms with E-state index in [1.165, 1.54) is 22.6 Å². The van der Waals surface area contributed by atoms with Gasteiger partial charge in [-0.1, -0.05) is 42.5 Å². The molecule has 4 nitrogen and oxygen atoms in total. The number of rotatable bonds is 8. The van der Waals surface area contributed by atoms with Crippen molar-refractivity contribution in [1.29, 1.82) is 0 Å². The normalized spacial score (nSPS) is 16.9.